The van der Waals surface area contributed by atoms with Crippen LogP contribution in [0, 0.1) is 6.92 Å². The van der Waals surface area contributed by atoms with Crippen LogP contribution in [0.5, 0.6) is 0 Å². The molecular formula is C19H21N3O2S3. The first-order chi connectivity index (χ1) is 13.2. The topological polar surface area (TPSA) is 54.5 Å². The van der Waals surface area contributed by atoms with Gasteiger partial charge in [-0.15, -0.1) is 22.7 Å². The summed E-state index contributed by atoms with van der Waals surface area (Å²) in [4.78, 5) is 21.8. The van der Waals surface area contributed by atoms with Crippen molar-refractivity contribution in [2.24, 2.45) is 0 Å². The monoisotopic (exact) mass is 419 g/mol. The minimum absolute atomic E-state index is 0.0405. The average Bonchev–Trinajstić information content (AvgIpc) is 3.44. The van der Waals surface area contributed by atoms with Gasteiger partial charge in [0.25, 0.3) is 5.91 Å². The molecule has 1 aliphatic heterocycles. The van der Waals surface area contributed by atoms with E-state index in [0.29, 0.717) is 11.4 Å². The van der Waals surface area contributed by atoms with Crippen molar-refractivity contribution in [1.29, 1.82) is 0 Å². The van der Waals surface area contributed by atoms with Crippen molar-refractivity contribution in [3.8, 4) is 10.6 Å². The highest BCUT2D eigenvalue weighted by molar-refractivity contribution is 7.17. The Balaban J connectivity index is 1.47. The minimum atomic E-state index is -0.0405. The van der Waals surface area contributed by atoms with Crippen molar-refractivity contribution >= 4 is 39.9 Å². The van der Waals surface area contributed by atoms with Gasteiger partial charge in [0.15, 0.2) is 0 Å². The van der Waals surface area contributed by atoms with Crippen LogP contribution in [0.25, 0.3) is 10.6 Å². The average molecular weight is 420 g/mol. The summed E-state index contributed by atoms with van der Waals surface area (Å²) < 4.78 is 5.48. The van der Waals surface area contributed by atoms with Crippen molar-refractivity contribution in [3.05, 3.63) is 49.8 Å². The summed E-state index contributed by atoms with van der Waals surface area (Å²) in [5.74, 6) is -0.0405. The Morgan fingerprint density at radius 3 is 2.89 bits per heavy atom. The number of morpholine rings is 1. The molecule has 0 radical (unpaired) electrons. The molecule has 1 unspecified atom stereocenters. The Hall–Kier alpha value is -1.58. The lowest BCUT2D eigenvalue weighted by Crippen LogP contribution is -2.43. The molecule has 27 heavy (non-hydrogen) atoms. The number of carbonyl (C=O) groups excluding carboxylic acids is 1. The molecule has 1 aliphatic rings. The molecule has 1 saturated heterocycles. The molecule has 0 bridgehead atoms. The summed E-state index contributed by atoms with van der Waals surface area (Å²) in [6.07, 6.45) is 0. The van der Waals surface area contributed by atoms with Gasteiger partial charge in [-0.05, 0) is 29.8 Å². The van der Waals surface area contributed by atoms with E-state index in [1.54, 1.807) is 22.7 Å². The van der Waals surface area contributed by atoms with Gasteiger partial charge in [0.1, 0.15) is 9.88 Å². The van der Waals surface area contributed by atoms with Gasteiger partial charge < -0.3 is 10.1 Å². The number of hydrogen-bond acceptors (Lipinski definition) is 7. The van der Waals surface area contributed by atoms with E-state index in [1.807, 2.05) is 18.4 Å². The van der Waals surface area contributed by atoms with Gasteiger partial charge in [0, 0.05) is 35.5 Å². The molecule has 8 heteroatoms. The minimum Gasteiger partial charge on any atom is -0.379 e. The molecule has 0 aromatic carbocycles. The van der Waals surface area contributed by atoms with Crippen LogP contribution in [0.15, 0.2) is 34.3 Å². The normalized spacial score (nSPS) is 16.3. The molecule has 1 amide bonds. The van der Waals surface area contributed by atoms with Crippen LogP contribution < -0.4 is 5.32 Å². The van der Waals surface area contributed by atoms with Gasteiger partial charge in [-0.1, -0.05) is 6.07 Å². The third-order valence-corrected chi connectivity index (χ3v) is 7.45. The summed E-state index contributed by atoms with van der Waals surface area (Å²) >= 11 is 4.84. The highest BCUT2D eigenvalue weighted by Gasteiger charge is 2.25. The number of carbonyl (C=O) groups is 1. The fraction of sp³-hybridized carbons (Fsp3) is 0.368. The van der Waals surface area contributed by atoms with Crippen LogP contribution in [0.2, 0.25) is 0 Å². The largest absolute Gasteiger partial charge is 0.379 e. The smallest absolute Gasteiger partial charge is 0.263 e. The third-order valence-electron chi connectivity index (χ3n) is 4.58. The SMILES string of the molecule is Cc1nc(-c2ccsc2)sc1C(=O)NCC(c1cccs1)N1CCOCC1. The van der Waals surface area contributed by atoms with Crippen LogP contribution in [0.4, 0.5) is 0 Å². The molecular weight excluding hydrogens is 398 g/mol. The zero-order valence-electron chi connectivity index (χ0n) is 15.0. The molecule has 3 aromatic rings. The molecule has 4 heterocycles. The number of thiazole rings is 1. The second kappa shape index (κ2) is 8.62. The van der Waals surface area contributed by atoms with Crippen molar-refractivity contribution in [2.45, 2.75) is 13.0 Å². The molecule has 3 aromatic heterocycles. The van der Waals surface area contributed by atoms with E-state index < -0.39 is 0 Å². The summed E-state index contributed by atoms with van der Waals surface area (Å²) in [7, 11) is 0. The van der Waals surface area contributed by atoms with Crippen molar-refractivity contribution in [1.82, 2.24) is 15.2 Å². The highest BCUT2D eigenvalue weighted by atomic mass is 32.1. The summed E-state index contributed by atoms with van der Waals surface area (Å²) in [5, 5.41) is 10.2. The molecule has 1 fully saturated rings. The lowest BCUT2D eigenvalue weighted by atomic mass is 10.2. The fourth-order valence-electron chi connectivity index (χ4n) is 3.17. The highest BCUT2D eigenvalue weighted by Crippen LogP contribution is 2.30. The van der Waals surface area contributed by atoms with E-state index in [-0.39, 0.29) is 11.9 Å². The zero-order valence-corrected chi connectivity index (χ0v) is 17.5. The van der Waals surface area contributed by atoms with Gasteiger partial charge in [0.2, 0.25) is 0 Å². The predicted octanol–water partition coefficient (Wildman–Crippen LogP) is 4.04. The first-order valence-corrected chi connectivity index (χ1v) is 11.5. The number of nitrogens with zero attached hydrogens (tertiary/aromatic N) is 2. The van der Waals surface area contributed by atoms with Crippen molar-refractivity contribution in [2.75, 3.05) is 32.8 Å². The van der Waals surface area contributed by atoms with E-state index in [2.05, 4.69) is 38.1 Å². The number of ether oxygens (including phenoxy) is 1. The Labute approximate surface area is 170 Å². The maximum absolute atomic E-state index is 12.8. The van der Waals surface area contributed by atoms with Crippen LogP contribution in [0.1, 0.15) is 26.3 Å². The second-order valence-electron chi connectivity index (χ2n) is 6.34. The Morgan fingerprint density at radius 1 is 1.33 bits per heavy atom. The quantitative estimate of drug-likeness (QED) is 0.655. The number of nitrogens with one attached hydrogen (secondary N) is 1. The van der Waals surface area contributed by atoms with Crippen LogP contribution in [-0.2, 0) is 4.74 Å². The standard InChI is InChI=1S/C19H21N3O2S3/c1-13-17(27-19(21-13)14-4-10-25-12-14)18(23)20-11-15(16-3-2-9-26-16)22-5-7-24-8-6-22/h2-4,9-10,12,15H,5-8,11H2,1H3,(H,20,23). The number of aromatic nitrogens is 1. The van der Waals surface area contributed by atoms with Crippen LogP contribution in [-0.4, -0.2) is 48.6 Å². The zero-order chi connectivity index (χ0) is 18.6. The van der Waals surface area contributed by atoms with Gasteiger partial charge in [0.05, 0.1) is 24.9 Å². The molecule has 1 atom stereocenters. The van der Waals surface area contributed by atoms with Gasteiger partial charge in [-0.3, -0.25) is 9.69 Å². The third kappa shape index (κ3) is 4.30. The summed E-state index contributed by atoms with van der Waals surface area (Å²) in [6, 6.07) is 6.43. The molecule has 142 valence electrons. The van der Waals surface area contributed by atoms with E-state index in [4.69, 9.17) is 4.74 Å². The first kappa shape index (κ1) is 18.8. The Morgan fingerprint density at radius 2 is 2.19 bits per heavy atom. The lowest BCUT2D eigenvalue weighted by molar-refractivity contribution is 0.0169. The molecule has 0 spiro atoms. The molecule has 0 saturated carbocycles. The van der Waals surface area contributed by atoms with Gasteiger partial charge in [-0.2, -0.15) is 11.3 Å². The fourth-order valence-corrected chi connectivity index (χ4v) is 5.72. The number of rotatable bonds is 6. The number of amides is 1. The summed E-state index contributed by atoms with van der Waals surface area (Å²) in [6.45, 7) is 5.76. The maximum atomic E-state index is 12.8. The second-order valence-corrected chi connectivity index (χ2v) is 9.09. The molecule has 0 aliphatic carbocycles. The Kier molecular flexibility index (Phi) is 5.99. The first-order valence-electron chi connectivity index (χ1n) is 8.86. The van der Waals surface area contributed by atoms with E-state index in [9.17, 15) is 4.79 Å². The lowest BCUT2D eigenvalue weighted by Gasteiger charge is -2.34. The predicted molar refractivity (Wildman–Crippen MR) is 112 cm³/mol. The Bertz CT molecular complexity index is 868. The van der Waals surface area contributed by atoms with E-state index in [0.717, 1.165) is 42.6 Å². The van der Waals surface area contributed by atoms with E-state index >= 15 is 0 Å². The van der Waals surface area contributed by atoms with Crippen LogP contribution >= 0.6 is 34.0 Å². The molecule has 5 nitrogen and oxygen atoms in total. The maximum Gasteiger partial charge on any atom is 0.263 e. The molecule has 4 rings (SSSR count). The number of thiophene rings is 2. The van der Waals surface area contributed by atoms with Crippen LogP contribution in [0.3, 0.4) is 0 Å². The number of hydrogen-bond donors (Lipinski definition) is 1. The van der Waals surface area contributed by atoms with Crippen molar-refractivity contribution in [3.63, 3.8) is 0 Å². The van der Waals surface area contributed by atoms with E-state index in [1.165, 1.54) is 16.2 Å². The van der Waals surface area contributed by atoms with Gasteiger partial charge >= 0.3 is 0 Å². The van der Waals surface area contributed by atoms with Gasteiger partial charge in [-0.25, -0.2) is 4.98 Å². The van der Waals surface area contributed by atoms with Crippen molar-refractivity contribution < 1.29 is 9.53 Å². The number of aryl methyl sites for hydroxylation is 1. The molecule has 1 N–H and O–H groups in total. The summed E-state index contributed by atoms with van der Waals surface area (Å²) in [5.41, 5.74) is 1.87.